The lowest BCUT2D eigenvalue weighted by Crippen LogP contribution is -2.64. The number of nitrogens with one attached hydrogen (secondary N) is 14. The number of aliphatic hydroxyl groups is 1. The highest BCUT2D eigenvalue weighted by Gasteiger charge is 2.41. The first-order chi connectivity index (χ1) is 54.2. The molecule has 0 saturated carbocycles. The van der Waals surface area contributed by atoms with Crippen molar-refractivity contribution in [2.75, 3.05) is 13.7 Å². The van der Waals surface area contributed by atoms with Gasteiger partial charge in [0.05, 0.1) is 38.9 Å². The number of aliphatic carboxylic acids is 1. The molecular formula is C76H100N18O21. The van der Waals surface area contributed by atoms with Crippen LogP contribution in [-0.2, 0) is 106 Å². The average Bonchev–Trinajstić information content (AvgIpc) is 1.69. The zero-order valence-electron chi connectivity index (χ0n) is 64.4. The summed E-state index contributed by atoms with van der Waals surface area (Å²) in [6.07, 6.45) is -6.68. The highest BCUT2D eigenvalue weighted by molar-refractivity contribution is 6.03. The SMILES string of the molecule is COc1ccc(C[C@@H]2NC(=O)[C@H](C(C)C)NC(=O)[C@H](CCC(N)=O)NC(=O)[C@H](Cc3c[nH]c4ccccc34)NC(=O)C([C@@H](C)O)NC(=O)[C@H](CC(N)=O)NC(=O)C(NC(C)=O)CCCCNC(=O)C[C@H](C(=O)N[C@@H](CC(N)=O)C(=O)N[C@@H](CC(N)=O)C(=O)O)NC(=O)C(C)(C)NC(=O)[C@H](Cc3cccc4ccccc34)NC2=O)cc1. The van der Waals surface area contributed by atoms with Gasteiger partial charge in [0, 0.05) is 56.3 Å². The maximum Gasteiger partial charge on any atom is 0.326 e. The summed E-state index contributed by atoms with van der Waals surface area (Å²) in [6, 6.07) is 5.22. The Balaban J connectivity index is 1.48. The van der Waals surface area contributed by atoms with Crippen molar-refractivity contribution in [1.29, 1.82) is 0 Å². The second-order valence-electron chi connectivity index (χ2n) is 28.6. The number of carbonyl (C=O) groups is 18. The van der Waals surface area contributed by atoms with Crippen molar-refractivity contribution in [2.24, 2.45) is 28.9 Å². The first-order valence-electron chi connectivity index (χ1n) is 36.8. The van der Waals surface area contributed by atoms with Crippen LogP contribution in [0.1, 0.15) is 116 Å². The number of rotatable bonds is 24. The third-order valence-corrected chi connectivity index (χ3v) is 18.6. The number of carboxylic acids is 1. The molecule has 0 radical (unpaired) electrons. The van der Waals surface area contributed by atoms with Gasteiger partial charge < -0.3 is 112 Å². The van der Waals surface area contributed by atoms with Gasteiger partial charge >= 0.3 is 5.97 Å². The second-order valence-corrected chi connectivity index (χ2v) is 28.6. The molecule has 12 atom stereocenters. The lowest BCUT2D eigenvalue weighted by molar-refractivity contribution is -0.144. The topological polar surface area (TPSA) is 633 Å². The number of ether oxygens (including phenoxy) is 1. The summed E-state index contributed by atoms with van der Waals surface area (Å²) in [7, 11) is 1.41. The van der Waals surface area contributed by atoms with Gasteiger partial charge in [0.25, 0.3) is 0 Å². The minimum absolute atomic E-state index is 0.0330. The molecule has 1 saturated heterocycles. The van der Waals surface area contributed by atoms with E-state index in [1.54, 1.807) is 91.0 Å². The zero-order chi connectivity index (χ0) is 85.1. The van der Waals surface area contributed by atoms with Crippen molar-refractivity contribution in [3.05, 3.63) is 114 Å². The third-order valence-electron chi connectivity index (χ3n) is 18.6. The predicted octanol–water partition coefficient (Wildman–Crippen LogP) is -4.69. The number of amides is 17. The van der Waals surface area contributed by atoms with Crippen molar-refractivity contribution in [1.82, 2.24) is 74.1 Å². The molecule has 1 aliphatic heterocycles. The van der Waals surface area contributed by atoms with E-state index in [0.29, 0.717) is 44.1 Å². The number of nitrogens with two attached hydrogens (primary N) is 4. The Morgan fingerprint density at radius 3 is 1.72 bits per heavy atom. The number of aromatic amines is 1. The average molecular weight is 1600 g/mol. The van der Waals surface area contributed by atoms with E-state index in [-0.39, 0.29) is 45.1 Å². The Kier molecular flexibility index (Phi) is 33.6. The molecule has 39 nitrogen and oxygen atoms in total. The molecule has 24 N–H and O–H groups in total. The van der Waals surface area contributed by atoms with Gasteiger partial charge in [-0.1, -0.05) is 86.6 Å². The summed E-state index contributed by atoms with van der Waals surface area (Å²) in [5, 5.41) is 54.6. The number of carboxylic acid groups (broad SMARTS) is 1. The predicted molar refractivity (Wildman–Crippen MR) is 411 cm³/mol. The molecule has 1 aromatic heterocycles. The number of para-hydroxylation sites is 1. The quantitative estimate of drug-likeness (QED) is 0.0276. The summed E-state index contributed by atoms with van der Waals surface area (Å²) in [6.45, 7) is 7.24. The number of primary amides is 4. The van der Waals surface area contributed by atoms with Gasteiger partial charge in [-0.05, 0) is 98.0 Å². The van der Waals surface area contributed by atoms with E-state index >= 15 is 14.4 Å². The number of H-pyrrole nitrogens is 1. The Morgan fingerprint density at radius 1 is 0.565 bits per heavy atom. The summed E-state index contributed by atoms with van der Waals surface area (Å²) in [5.41, 5.74) is 21.5. The Hall–Kier alpha value is -13.1. The molecule has 0 aliphatic carbocycles. The van der Waals surface area contributed by atoms with Crippen LogP contribution in [0.15, 0.2) is 97.2 Å². The molecule has 4 aromatic carbocycles. The van der Waals surface area contributed by atoms with Gasteiger partial charge in [-0.3, -0.25) is 81.5 Å². The van der Waals surface area contributed by atoms with Crippen LogP contribution in [0, 0.1) is 5.92 Å². The van der Waals surface area contributed by atoms with E-state index in [1.165, 1.54) is 41.0 Å². The number of aromatic nitrogens is 1. The van der Waals surface area contributed by atoms with Crippen molar-refractivity contribution < 1.29 is 101 Å². The van der Waals surface area contributed by atoms with Gasteiger partial charge in [0.1, 0.15) is 77.7 Å². The molecule has 1 fully saturated rings. The molecule has 0 bridgehead atoms. The van der Waals surface area contributed by atoms with Crippen LogP contribution in [0.25, 0.3) is 21.7 Å². The highest BCUT2D eigenvalue weighted by atomic mass is 16.5. The van der Waals surface area contributed by atoms with Gasteiger partial charge in [0.15, 0.2) is 0 Å². The number of benzene rings is 4. The number of hydrogen-bond acceptors (Lipinski definition) is 20. The van der Waals surface area contributed by atoms with E-state index in [2.05, 4.69) is 68.8 Å². The van der Waals surface area contributed by atoms with E-state index in [1.807, 2.05) is 5.32 Å². The summed E-state index contributed by atoms with van der Waals surface area (Å²) < 4.78 is 5.36. The molecular weight excluding hydrogens is 1500 g/mol. The molecule has 39 heteroatoms. The van der Waals surface area contributed by atoms with Crippen LogP contribution >= 0.6 is 0 Å². The fraction of sp³-hybridized carbons (Fsp3) is 0.447. The largest absolute Gasteiger partial charge is 0.497 e. The standard InChI is InChI=1S/C76H100N18O21/c1-37(2)62-72(110)88-50(29-40-22-24-44(115-7)25-23-40)66(104)85-52(30-42-17-14-16-41-15-8-9-18-45(41)42)71(109)94-76(5,6)75(114)91-55(69(107)87-53(32-58(78)98)68(106)90-56(74(112)113)34-60(80)100)35-61(101)81-28-13-12-21-48(83-39(4)96)64(102)86-54(33-59(79)99)70(108)93-63(38(3)95)73(111)89-51(31-43-36-82-47-20-11-10-19-46(43)47)67(105)84-49(65(103)92-62)26-27-57(77)97/h8-11,14-20,22-25,36-38,48-56,62-63,82,95H,12-13,21,26-35H2,1-7H3,(H2,77,97)(H2,78,98)(H2,79,99)(H2,80,100)(H,81,101)(H,83,96)(H,84,105)(H,85,104)(H,86,102)(H,87,107)(H,88,110)(H,89,111)(H,90,106)(H,91,114)(H,92,103)(H,93,108)(H,94,109)(H,112,113)/t38-,48?,49+,50+,51+,52+,53+,54+,55-,56+,62+,63?/m1/s1. The minimum atomic E-state index is -2.18. The summed E-state index contributed by atoms with van der Waals surface area (Å²) in [5.74, 6) is -21.5. The van der Waals surface area contributed by atoms with Crippen molar-refractivity contribution in [2.45, 2.75) is 197 Å². The summed E-state index contributed by atoms with van der Waals surface area (Å²) >= 11 is 0. The lowest BCUT2D eigenvalue weighted by atomic mass is 9.96. The molecule has 5 aromatic rings. The van der Waals surface area contributed by atoms with Crippen LogP contribution in [0.3, 0.4) is 0 Å². The number of fused-ring (bicyclic) bond motifs is 2. The number of hydrogen-bond donors (Lipinski definition) is 20. The van der Waals surface area contributed by atoms with Crippen LogP contribution < -0.4 is 96.8 Å². The third kappa shape index (κ3) is 28.0. The molecule has 6 rings (SSSR count). The second kappa shape index (κ2) is 42.5. The lowest BCUT2D eigenvalue weighted by Gasteiger charge is -2.31. The van der Waals surface area contributed by atoms with E-state index in [4.69, 9.17) is 27.7 Å². The molecule has 17 amide bonds. The fourth-order valence-electron chi connectivity index (χ4n) is 12.4. The highest BCUT2D eigenvalue weighted by Crippen LogP contribution is 2.23. The van der Waals surface area contributed by atoms with Gasteiger partial charge in [-0.25, -0.2) is 4.79 Å². The first-order valence-corrected chi connectivity index (χ1v) is 36.8. The molecule has 0 spiro atoms. The molecule has 115 heavy (non-hydrogen) atoms. The van der Waals surface area contributed by atoms with Crippen LogP contribution in [-0.4, -0.2) is 213 Å². The van der Waals surface area contributed by atoms with Gasteiger partial charge in [0.2, 0.25) is 100 Å². The Morgan fingerprint density at radius 2 is 1.11 bits per heavy atom. The van der Waals surface area contributed by atoms with E-state index in [9.17, 15) is 82.1 Å². The zero-order valence-corrected chi connectivity index (χ0v) is 64.4. The monoisotopic (exact) mass is 1600 g/mol. The van der Waals surface area contributed by atoms with Crippen LogP contribution in [0.4, 0.5) is 0 Å². The van der Waals surface area contributed by atoms with Crippen LogP contribution in [0.5, 0.6) is 5.75 Å². The first kappa shape index (κ1) is 90.8. The normalized spacial score (nSPS) is 21.9. The maximum atomic E-state index is 15.4. The number of methoxy groups -OCH3 is 1. The Labute approximate surface area is 659 Å². The molecule has 1 aliphatic rings. The van der Waals surface area contributed by atoms with Gasteiger partial charge in [-0.15, -0.1) is 0 Å². The van der Waals surface area contributed by atoms with Crippen molar-refractivity contribution >= 4 is 128 Å². The Bertz CT molecular complexity index is 4450. The fourth-order valence-corrected chi connectivity index (χ4v) is 12.4. The molecule has 620 valence electrons. The minimum Gasteiger partial charge on any atom is -0.497 e. The molecule has 2 heterocycles. The van der Waals surface area contributed by atoms with Crippen molar-refractivity contribution in [3.8, 4) is 5.75 Å². The van der Waals surface area contributed by atoms with Crippen LogP contribution in [0.2, 0.25) is 0 Å². The van der Waals surface area contributed by atoms with E-state index < -0.39 is 229 Å². The molecule has 2 unspecified atom stereocenters. The number of aliphatic hydroxyl groups excluding tert-OH is 1. The van der Waals surface area contributed by atoms with Gasteiger partial charge in [-0.2, -0.15) is 0 Å². The number of carbonyl (C=O) groups excluding carboxylic acids is 17. The summed E-state index contributed by atoms with van der Waals surface area (Å²) in [4.78, 5) is 253. The smallest absolute Gasteiger partial charge is 0.326 e. The van der Waals surface area contributed by atoms with E-state index in [0.717, 1.165) is 13.8 Å². The maximum absolute atomic E-state index is 15.4. The van der Waals surface area contributed by atoms with Crippen molar-refractivity contribution in [3.63, 3.8) is 0 Å².